The molecule has 0 aliphatic heterocycles. The lowest BCUT2D eigenvalue weighted by Gasteiger charge is -2.12. The van der Waals surface area contributed by atoms with Gasteiger partial charge in [-0.15, -0.1) is 0 Å². The number of aliphatic carboxylic acids is 1. The van der Waals surface area contributed by atoms with Crippen LogP contribution in [0, 0.1) is 0 Å². The van der Waals surface area contributed by atoms with Crippen molar-refractivity contribution >= 4 is 11.9 Å². The third kappa shape index (κ3) is 5.31. The molecule has 1 aromatic carbocycles. The molecule has 0 aromatic heterocycles. The predicted octanol–water partition coefficient (Wildman–Crippen LogP) is 0.165. The number of carboxylic acids is 1. The van der Waals surface area contributed by atoms with Gasteiger partial charge in [0, 0.05) is 6.54 Å². The summed E-state index contributed by atoms with van der Waals surface area (Å²) in [5.41, 5.74) is 6.41. The van der Waals surface area contributed by atoms with Gasteiger partial charge in [-0.05, 0) is 24.1 Å². The topological polar surface area (TPSA) is 111 Å². The van der Waals surface area contributed by atoms with E-state index in [1.54, 1.807) is 20.3 Å². The second-order valence-electron chi connectivity index (χ2n) is 4.43. The zero-order valence-electron chi connectivity index (χ0n) is 12.1. The fourth-order valence-corrected chi connectivity index (χ4v) is 1.78. The number of methoxy groups -OCH3 is 2. The van der Waals surface area contributed by atoms with Crippen molar-refractivity contribution in [1.82, 2.24) is 5.32 Å². The first-order valence-corrected chi connectivity index (χ1v) is 6.44. The van der Waals surface area contributed by atoms with Crippen LogP contribution in [0.3, 0.4) is 0 Å². The molecule has 0 saturated carbocycles. The first-order chi connectivity index (χ1) is 9.97. The number of amides is 1. The molecule has 0 fully saturated rings. The lowest BCUT2D eigenvalue weighted by molar-refractivity contribution is -0.139. The summed E-state index contributed by atoms with van der Waals surface area (Å²) < 4.78 is 10.3. The molecular formula is C14H20N2O5. The van der Waals surface area contributed by atoms with Gasteiger partial charge in [-0.3, -0.25) is 9.59 Å². The molecule has 0 saturated heterocycles. The summed E-state index contributed by atoms with van der Waals surface area (Å²) in [6.07, 6.45) is 0.189. The van der Waals surface area contributed by atoms with Crippen LogP contribution in [0.5, 0.6) is 11.5 Å². The Kier molecular flexibility index (Phi) is 6.48. The molecule has 1 amide bonds. The predicted molar refractivity (Wildman–Crippen MR) is 76.5 cm³/mol. The van der Waals surface area contributed by atoms with Crippen molar-refractivity contribution in [2.45, 2.75) is 18.9 Å². The molecule has 1 atom stereocenters. The van der Waals surface area contributed by atoms with Crippen molar-refractivity contribution in [2.24, 2.45) is 5.73 Å². The lowest BCUT2D eigenvalue weighted by Crippen LogP contribution is -2.42. The van der Waals surface area contributed by atoms with Gasteiger partial charge < -0.3 is 25.6 Å². The van der Waals surface area contributed by atoms with Crippen molar-refractivity contribution in [2.75, 3.05) is 20.8 Å². The standard InChI is InChI=1S/C14H20N2O5/c1-20-11-4-3-9(7-12(11)21-2)5-6-16-14(19)10(15)8-13(17)18/h3-4,7,10H,5-6,8,15H2,1-2H3,(H,16,19)(H,17,18). The number of nitrogens with two attached hydrogens (primary N) is 1. The molecule has 1 aromatic rings. The maximum atomic E-state index is 11.5. The van der Waals surface area contributed by atoms with E-state index in [0.29, 0.717) is 24.5 Å². The number of carboxylic acid groups (broad SMARTS) is 1. The molecule has 7 heteroatoms. The Morgan fingerprint density at radius 3 is 2.52 bits per heavy atom. The van der Waals surface area contributed by atoms with E-state index in [-0.39, 0.29) is 6.42 Å². The molecule has 1 rings (SSSR count). The van der Waals surface area contributed by atoms with Gasteiger partial charge >= 0.3 is 5.97 Å². The van der Waals surface area contributed by atoms with Crippen LogP contribution < -0.4 is 20.5 Å². The van der Waals surface area contributed by atoms with Crippen LogP contribution in [-0.2, 0) is 16.0 Å². The number of benzene rings is 1. The summed E-state index contributed by atoms with van der Waals surface area (Å²) in [4.78, 5) is 22.0. The van der Waals surface area contributed by atoms with E-state index < -0.39 is 17.9 Å². The second kappa shape index (κ2) is 8.11. The Morgan fingerprint density at radius 2 is 1.95 bits per heavy atom. The molecule has 7 nitrogen and oxygen atoms in total. The molecule has 0 aliphatic carbocycles. The van der Waals surface area contributed by atoms with Crippen molar-refractivity contribution in [1.29, 1.82) is 0 Å². The molecular weight excluding hydrogens is 276 g/mol. The summed E-state index contributed by atoms with van der Waals surface area (Å²) >= 11 is 0. The number of rotatable bonds is 8. The number of nitrogens with one attached hydrogen (secondary N) is 1. The van der Waals surface area contributed by atoms with Crippen LogP contribution in [0.2, 0.25) is 0 Å². The Hall–Kier alpha value is -2.28. The number of carbonyl (C=O) groups is 2. The third-order valence-electron chi connectivity index (χ3n) is 2.89. The van der Waals surface area contributed by atoms with Crippen LogP contribution in [0.15, 0.2) is 18.2 Å². The first-order valence-electron chi connectivity index (χ1n) is 6.44. The van der Waals surface area contributed by atoms with Gasteiger partial charge in [0.15, 0.2) is 11.5 Å². The number of hydrogen-bond acceptors (Lipinski definition) is 5. The fraction of sp³-hybridized carbons (Fsp3) is 0.429. The Bertz CT molecular complexity index is 504. The van der Waals surface area contributed by atoms with Gasteiger partial charge in [-0.2, -0.15) is 0 Å². The van der Waals surface area contributed by atoms with Gasteiger partial charge in [0.05, 0.1) is 26.7 Å². The Labute approximate surface area is 123 Å². The average Bonchev–Trinajstić information content (AvgIpc) is 2.46. The minimum absolute atomic E-state index is 0.363. The smallest absolute Gasteiger partial charge is 0.305 e. The van der Waals surface area contributed by atoms with Crippen LogP contribution >= 0.6 is 0 Å². The van der Waals surface area contributed by atoms with Gasteiger partial charge in [0.25, 0.3) is 0 Å². The molecule has 0 spiro atoms. The molecule has 4 N–H and O–H groups in total. The molecule has 21 heavy (non-hydrogen) atoms. The van der Waals surface area contributed by atoms with E-state index in [2.05, 4.69) is 5.32 Å². The Morgan fingerprint density at radius 1 is 1.29 bits per heavy atom. The van der Waals surface area contributed by atoms with Crippen LogP contribution in [0.1, 0.15) is 12.0 Å². The van der Waals surface area contributed by atoms with E-state index in [0.717, 1.165) is 5.56 Å². The van der Waals surface area contributed by atoms with Crippen LogP contribution in [-0.4, -0.2) is 43.8 Å². The third-order valence-corrected chi connectivity index (χ3v) is 2.89. The van der Waals surface area contributed by atoms with Crippen molar-refractivity contribution in [3.63, 3.8) is 0 Å². The van der Waals surface area contributed by atoms with E-state index in [1.807, 2.05) is 12.1 Å². The summed E-state index contributed by atoms with van der Waals surface area (Å²) in [5.74, 6) is -0.326. The van der Waals surface area contributed by atoms with Gasteiger partial charge in [0.1, 0.15) is 0 Å². The van der Waals surface area contributed by atoms with Crippen LogP contribution in [0.25, 0.3) is 0 Å². The molecule has 0 aliphatic rings. The van der Waals surface area contributed by atoms with Crippen molar-refractivity contribution < 1.29 is 24.2 Å². The number of ether oxygens (including phenoxy) is 2. The summed E-state index contributed by atoms with van der Waals surface area (Å²) in [6.45, 7) is 0.363. The Balaban J connectivity index is 2.49. The zero-order valence-corrected chi connectivity index (χ0v) is 12.1. The molecule has 116 valence electrons. The normalized spacial score (nSPS) is 11.6. The molecule has 1 unspecified atom stereocenters. The van der Waals surface area contributed by atoms with Gasteiger partial charge in [-0.25, -0.2) is 0 Å². The number of hydrogen-bond donors (Lipinski definition) is 3. The van der Waals surface area contributed by atoms with Crippen molar-refractivity contribution in [3.8, 4) is 11.5 Å². The molecule has 0 radical (unpaired) electrons. The maximum absolute atomic E-state index is 11.5. The highest BCUT2D eigenvalue weighted by atomic mass is 16.5. The van der Waals surface area contributed by atoms with Crippen molar-refractivity contribution in [3.05, 3.63) is 23.8 Å². The average molecular weight is 296 g/mol. The van der Waals surface area contributed by atoms with Crippen LogP contribution in [0.4, 0.5) is 0 Å². The van der Waals surface area contributed by atoms with E-state index in [9.17, 15) is 9.59 Å². The summed E-state index contributed by atoms with van der Waals surface area (Å²) in [7, 11) is 3.11. The summed E-state index contributed by atoms with van der Waals surface area (Å²) in [6, 6.07) is 4.44. The fourth-order valence-electron chi connectivity index (χ4n) is 1.78. The highest BCUT2D eigenvalue weighted by Crippen LogP contribution is 2.27. The largest absolute Gasteiger partial charge is 0.493 e. The first kappa shape index (κ1) is 16.8. The minimum Gasteiger partial charge on any atom is -0.493 e. The highest BCUT2D eigenvalue weighted by Gasteiger charge is 2.16. The molecule has 0 heterocycles. The van der Waals surface area contributed by atoms with Gasteiger partial charge in [0.2, 0.25) is 5.91 Å². The van der Waals surface area contributed by atoms with E-state index >= 15 is 0 Å². The lowest BCUT2D eigenvalue weighted by atomic mass is 10.1. The van der Waals surface area contributed by atoms with E-state index in [1.165, 1.54) is 0 Å². The summed E-state index contributed by atoms with van der Waals surface area (Å²) in [5, 5.41) is 11.2. The SMILES string of the molecule is COc1ccc(CCNC(=O)C(N)CC(=O)O)cc1OC. The van der Waals surface area contributed by atoms with Gasteiger partial charge in [-0.1, -0.05) is 6.07 Å². The second-order valence-corrected chi connectivity index (χ2v) is 4.43. The maximum Gasteiger partial charge on any atom is 0.305 e. The number of carbonyl (C=O) groups excluding carboxylic acids is 1. The monoisotopic (exact) mass is 296 g/mol. The molecule has 0 bridgehead atoms. The minimum atomic E-state index is -1.10. The quantitative estimate of drug-likeness (QED) is 0.630. The van der Waals surface area contributed by atoms with E-state index in [4.69, 9.17) is 20.3 Å². The zero-order chi connectivity index (χ0) is 15.8. The highest BCUT2D eigenvalue weighted by molar-refractivity contribution is 5.85.